The van der Waals surface area contributed by atoms with Gasteiger partial charge in [0.05, 0.1) is 26.4 Å². The van der Waals surface area contributed by atoms with Crippen molar-refractivity contribution in [2.24, 2.45) is 0 Å². The van der Waals surface area contributed by atoms with E-state index in [-0.39, 0.29) is 28.6 Å². The van der Waals surface area contributed by atoms with Crippen molar-refractivity contribution < 1.29 is 19.6 Å². The second kappa shape index (κ2) is 6.02. The Hall–Kier alpha value is -3.63. The summed E-state index contributed by atoms with van der Waals surface area (Å²) in [4.78, 5) is 45.5. The highest BCUT2D eigenvalue weighted by Gasteiger charge is 2.41. The molecule has 0 atom stereocenters. The fourth-order valence-corrected chi connectivity index (χ4v) is 3.16. The molecule has 0 bridgehead atoms. The number of hydrogen-bond donors (Lipinski definition) is 0. The Morgan fingerprint density at radius 1 is 0.923 bits per heavy atom. The Kier molecular flexibility index (Phi) is 3.98. The van der Waals surface area contributed by atoms with Crippen molar-refractivity contribution in [1.29, 1.82) is 0 Å². The third kappa shape index (κ3) is 2.32. The predicted octanol–water partition coefficient (Wildman–Crippen LogP) is 3.32. The summed E-state index contributed by atoms with van der Waals surface area (Å²) in [5.41, 5.74) is -2.09. The van der Waals surface area contributed by atoms with Crippen LogP contribution in [0.2, 0.25) is 0 Å². The molecule has 1 amide bonds. The van der Waals surface area contributed by atoms with Gasteiger partial charge in [0, 0.05) is 18.0 Å². The first-order chi connectivity index (χ1) is 12.3. The minimum atomic E-state index is -0.915. The Balaban J connectivity index is 2.50. The van der Waals surface area contributed by atoms with E-state index >= 15 is 0 Å². The molecule has 0 spiro atoms. The van der Waals surface area contributed by atoms with E-state index in [1.807, 2.05) is 6.92 Å². The van der Waals surface area contributed by atoms with Crippen LogP contribution in [0.15, 0.2) is 18.2 Å². The summed E-state index contributed by atoms with van der Waals surface area (Å²) in [6.45, 7) is 2.05. The number of unbranched alkanes of at least 4 members (excludes halogenated alkanes) is 1. The van der Waals surface area contributed by atoms with Gasteiger partial charge in [-0.25, -0.2) is 0 Å². The zero-order valence-corrected chi connectivity index (χ0v) is 13.5. The van der Waals surface area contributed by atoms with Gasteiger partial charge in [0.25, 0.3) is 17.3 Å². The molecule has 11 heteroatoms. The molecular weight excluding hydrogens is 348 g/mol. The number of carbonyl (C=O) groups excluding carboxylic acids is 1. The summed E-state index contributed by atoms with van der Waals surface area (Å²) in [6, 6.07) is 2.89. The van der Waals surface area contributed by atoms with E-state index in [0.29, 0.717) is 18.9 Å². The van der Waals surface area contributed by atoms with Gasteiger partial charge in [-0.3, -0.25) is 35.1 Å². The molecule has 0 radical (unpaired) electrons. The second-order valence-electron chi connectivity index (χ2n) is 5.73. The lowest BCUT2D eigenvalue weighted by Crippen LogP contribution is -2.28. The van der Waals surface area contributed by atoms with Crippen LogP contribution < -0.4 is 4.90 Å². The fraction of sp³-hybridized carbons (Fsp3) is 0.267. The smallest absolute Gasteiger partial charge is 0.300 e. The van der Waals surface area contributed by atoms with E-state index in [2.05, 4.69) is 0 Å². The van der Waals surface area contributed by atoms with E-state index in [1.165, 1.54) is 11.0 Å². The summed E-state index contributed by atoms with van der Waals surface area (Å²) >= 11 is 0. The second-order valence-corrected chi connectivity index (χ2v) is 5.73. The molecule has 0 aliphatic carbocycles. The Morgan fingerprint density at radius 2 is 1.54 bits per heavy atom. The molecule has 0 aromatic heterocycles. The molecule has 0 fully saturated rings. The van der Waals surface area contributed by atoms with Crippen molar-refractivity contribution >= 4 is 39.4 Å². The molecule has 1 heterocycles. The summed E-state index contributed by atoms with van der Waals surface area (Å²) in [5.74, 6) is -0.558. The summed E-state index contributed by atoms with van der Waals surface area (Å²) in [5, 5.41) is 33.7. The van der Waals surface area contributed by atoms with Crippen LogP contribution in [-0.4, -0.2) is 27.2 Å². The molecule has 26 heavy (non-hydrogen) atoms. The maximum absolute atomic E-state index is 12.7. The van der Waals surface area contributed by atoms with Crippen LogP contribution in [0.1, 0.15) is 30.1 Å². The summed E-state index contributed by atoms with van der Waals surface area (Å²) < 4.78 is 0. The first kappa shape index (κ1) is 17.2. The minimum Gasteiger partial charge on any atom is -0.302 e. The third-order valence-corrected chi connectivity index (χ3v) is 4.26. The standard InChI is InChI=1S/C15H12N4O7/c1-2-3-6-16-14-11(19(25)26)7-10(18(23)24)13-9(17(21)22)5-4-8(12(13)14)15(16)20/h4-5,7H,2-3,6H2,1H3. The number of anilines is 1. The van der Waals surface area contributed by atoms with Crippen LogP contribution in [-0.2, 0) is 0 Å². The zero-order valence-electron chi connectivity index (χ0n) is 13.5. The number of hydrogen-bond acceptors (Lipinski definition) is 7. The molecule has 1 aliphatic rings. The SMILES string of the molecule is CCCCN1C(=O)c2ccc([N+](=O)[O-])c3c([N+](=O)[O-])cc([N+](=O)[O-])c1c23. The topological polar surface area (TPSA) is 150 Å². The number of nitrogens with zero attached hydrogens (tertiary/aromatic N) is 4. The molecule has 2 aromatic carbocycles. The number of nitro groups is 3. The van der Waals surface area contributed by atoms with Gasteiger partial charge in [-0.1, -0.05) is 13.3 Å². The largest absolute Gasteiger partial charge is 0.302 e. The molecule has 2 aromatic rings. The third-order valence-electron chi connectivity index (χ3n) is 4.26. The van der Waals surface area contributed by atoms with Crippen molar-refractivity contribution in [2.75, 3.05) is 11.4 Å². The highest BCUT2D eigenvalue weighted by atomic mass is 16.6. The van der Waals surface area contributed by atoms with Crippen LogP contribution in [0.5, 0.6) is 0 Å². The number of carbonyl (C=O) groups is 1. The average Bonchev–Trinajstić information content (AvgIpc) is 2.86. The van der Waals surface area contributed by atoms with Crippen molar-refractivity contribution in [3.63, 3.8) is 0 Å². The van der Waals surface area contributed by atoms with Crippen LogP contribution in [0, 0.1) is 30.3 Å². The van der Waals surface area contributed by atoms with Crippen LogP contribution >= 0.6 is 0 Å². The molecule has 0 unspecified atom stereocenters. The zero-order chi connectivity index (χ0) is 19.2. The van der Waals surface area contributed by atoms with Crippen molar-refractivity contribution in [2.45, 2.75) is 19.8 Å². The van der Waals surface area contributed by atoms with Gasteiger partial charge in [0.2, 0.25) is 0 Å². The first-order valence-electron chi connectivity index (χ1n) is 7.68. The lowest BCUT2D eigenvalue weighted by atomic mass is 10.0. The van der Waals surface area contributed by atoms with Crippen LogP contribution in [0.3, 0.4) is 0 Å². The van der Waals surface area contributed by atoms with E-state index in [4.69, 9.17) is 0 Å². The van der Waals surface area contributed by atoms with Crippen molar-refractivity contribution in [1.82, 2.24) is 0 Å². The normalized spacial score (nSPS) is 12.7. The van der Waals surface area contributed by atoms with Gasteiger partial charge in [-0.05, 0) is 12.5 Å². The highest BCUT2D eigenvalue weighted by Crippen LogP contribution is 2.50. The Labute approximate surface area is 145 Å². The van der Waals surface area contributed by atoms with E-state index < -0.39 is 37.7 Å². The highest BCUT2D eigenvalue weighted by molar-refractivity contribution is 6.29. The number of nitro benzene ring substituents is 3. The van der Waals surface area contributed by atoms with Gasteiger partial charge >= 0.3 is 5.69 Å². The van der Waals surface area contributed by atoms with Gasteiger partial charge in [0.1, 0.15) is 11.1 Å². The predicted molar refractivity (Wildman–Crippen MR) is 90.5 cm³/mol. The van der Waals surface area contributed by atoms with E-state index in [1.54, 1.807) is 0 Å². The summed E-state index contributed by atoms with van der Waals surface area (Å²) in [7, 11) is 0. The number of rotatable bonds is 6. The lowest BCUT2D eigenvalue weighted by molar-refractivity contribution is -0.395. The molecule has 1 aliphatic heterocycles. The van der Waals surface area contributed by atoms with Crippen LogP contribution in [0.25, 0.3) is 10.8 Å². The maximum Gasteiger partial charge on any atom is 0.300 e. The van der Waals surface area contributed by atoms with Gasteiger partial charge in [-0.15, -0.1) is 0 Å². The molecule has 11 nitrogen and oxygen atoms in total. The monoisotopic (exact) mass is 360 g/mol. The number of amides is 1. The quantitative estimate of drug-likeness (QED) is 0.566. The average molecular weight is 360 g/mol. The maximum atomic E-state index is 12.7. The number of benzene rings is 2. The van der Waals surface area contributed by atoms with Crippen molar-refractivity contribution in [3.05, 3.63) is 54.1 Å². The molecule has 0 saturated carbocycles. The lowest BCUT2D eigenvalue weighted by Gasteiger charge is -2.17. The molecule has 3 rings (SSSR count). The van der Waals surface area contributed by atoms with E-state index in [9.17, 15) is 35.1 Å². The van der Waals surface area contributed by atoms with Crippen LogP contribution in [0.4, 0.5) is 22.7 Å². The van der Waals surface area contributed by atoms with Gasteiger partial charge in [-0.2, -0.15) is 0 Å². The molecular formula is C15H12N4O7. The molecule has 0 N–H and O–H groups in total. The van der Waals surface area contributed by atoms with Gasteiger partial charge in [0.15, 0.2) is 0 Å². The number of non-ortho nitro benzene ring substituents is 2. The Bertz CT molecular complexity index is 1000. The van der Waals surface area contributed by atoms with Crippen molar-refractivity contribution in [3.8, 4) is 0 Å². The molecule has 0 saturated heterocycles. The Morgan fingerprint density at radius 3 is 2.08 bits per heavy atom. The molecule has 134 valence electrons. The minimum absolute atomic E-state index is 0.0106. The fourth-order valence-electron chi connectivity index (χ4n) is 3.16. The van der Waals surface area contributed by atoms with Gasteiger partial charge < -0.3 is 4.90 Å². The first-order valence-corrected chi connectivity index (χ1v) is 7.68. The van der Waals surface area contributed by atoms with E-state index in [0.717, 1.165) is 6.07 Å². The summed E-state index contributed by atoms with van der Waals surface area (Å²) in [6.07, 6.45) is 1.27.